The number of halogens is 1. The van der Waals surface area contributed by atoms with E-state index in [1.54, 1.807) is 0 Å². The summed E-state index contributed by atoms with van der Waals surface area (Å²) in [6.07, 6.45) is 5.15. The van der Waals surface area contributed by atoms with Crippen molar-refractivity contribution >= 4 is 33.3 Å². The molecule has 0 aromatic rings. The molecule has 0 aromatic carbocycles. The molecule has 5 heteroatoms. The number of fused-ring (bicyclic) bond motifs is 5. The van der Waals surface area contributed by atoms with Crippen LogP contribution in [0.15, 0.2) is 0 Å². The summed E-state index contributed by atoms with van der Waals surface area (Å²) >= 11 is 3.88. The highest BCUT2D eigenvalue weighted by atomic mass is 79.9. The Bertz CT molecular complexity index is 660. The van der Waals surface area contributed by atoms with E-state index >= 15 is 0 Å². The number of aliphatic hydroxyl groups excluding tert-OH is 1. The average molecular weight is 425 g/mol. The Hall–Kier alpha value is -0.550. The average Bonchev–Trinajstić information content (AvgIpc) is 2.92. The minimum absolute atomic E-state index is 0.0236. The van der Waals surface area contributed by atoms with E-state index in [0.717, 1.165) is 25.7 Å². The van der Waals surface area contributed by atoms with Gasteiger partial charge in [0.1, 0.15) is 18.2 Å². The molecule has 0 aromatic heterocycles. The van der Waals surface area contributed by atoms with Gasteiger partial charge in [0.2, 0.25) is 0 Å². The van der Waals surface area contributed by atoms with Crippen molar-refractivity contribution in [1.82, 2.24) is 0 Å². The number of hydrogen-bond acceptors (Lipinski definition) is 4. The van der Waals surface area contributed by atoms with Crippen molar-refractivity contribution in [2.24, 2.45) is 40.4 Å². The Kier molecular flexibility index (Phi) is 4.51. The van der Waals surface area contributed by atoms with Crippen LogP contribution in [0.3, 0.4) is 0 Å². The third-order valence-electron chi connectivity index (χ3n) is 8.68. The van der Waals surface area contributed by atoms with E-state index in [-0.39, 0.29) is 45.1 Å². The normalized spacial score (nSPS) is 50.8. The summed E-state index contributed by atoms with van der Waals surface area (Å²) in [5.41, 5.74) is -0.416. The second-order valence-corrected chi connectivity index (χ2v) is 10.9. The summed E-state index contributed by atoms with van der Waals surface area (Å²) in [4.78, 5) is 38.1. The second-order valence-electron chi connectivity index (χ2n) is 9.76. The summed E-state index contributed by atoms with van der Waals surface area (Å²) in [5.74, 6) is 1.27. The van der Waals surface area contributed by atoms with Gasteiger partial charge in [0, 0.05) is 35.9 Å². The summed E-state index contributed by atoms with van der Waals surface area (Å²) in [7, 11) is 0. The van der Waals surface area contributed by atoms with Crippen LogP contribution >= 0.6 is 15.9 Å². The predicted molar refractivity (Wildman–Crippen MR) is 101 cm³/mol. The van der Waals surface area contributed by atoms with Gasteiger partial charge >= 0.3 is 0 Å². The van der Waals surface area contributed by atoms with Crippen molar-refractivity contribution < 1.29 is 19.5 Å². The van der Waals surface area contributed by atoms with Gasteiger partial charge in [-0.25, -0.2) is 0 Å². The standard InChI is InChI=1S/C21H29BrO4/c1-20-6-5-11(24)7-15(20)16(22)8-12-13-3-4-14(18(26)10-23)21(13,2)9-17(25)19(12)20/h12-16,19,23H,3-10H2,1-2H3/t12-,13-,14+,15?,16?,19+,20-,21-/m0/s1. The minimum atomic E-state index is -0.418. The predicted octanol–water partition coefficient (Wildman–Crippen LogP) is 3.33. The molecule has 0 heterocycles. The zero-order chi connectivity index (χ0) is 18.9. The number of hydrogen-bond donors (Lipinski definition) is 1. The van der Waals surface area contributed by atoms with Gasteiger partial charge in [0.15, 0.2) is 5.78 Å². The molecular weight excluding hydrogens is 396 g/mol. The third kappa shape index (κ3) is 2.45. The highest BCUT2D eigenvalue weighted by Crippen LogP contribution is 2.67. The highest BCUT2D eigenvalue weighted by molar-refractivity contribution is 9.09. The maximum atomic E-state index is 13.4. The van der Waals surface area contributed by atoms with Crippen LogP contribution in [0.25, 0.3) is 0 Å². The van der Waals surface area contributed by atoms with E-state index < -0.39 is 6.61 Å². The Morgan fingerprint density at radius 2 is 1.92 bits per heavy atom. The number of ketones is 3. The van der Waals surface area contributed by atoms with Gasteiger partial charge in [-0.05, 0) is 54.3 Å². The summed E-state index contributed by atoms with van der Waals surface area (Å²) in [6.45, 7) is 3.93. The molecule has 0 amide bonds. The number of alkyl halides is 1. The lowest BCUT2D eigenvalue weighted by Gasteiger charge is -2.60. The van der Waals surface area contributed by atoms with Gasteiger partial charge in [-0.1, -0.05) is 29.8 Å². The van der Waals surface area contributed by atoms with Gasteiger partial charge < -0.3 is 5.11 Å². The maximum absolute atomic E-state index is 13.4. The van der Waals surface area contributed by atoms with Gasteiger partial charge in [0.05, 0.1) is 0 Å². The molecule has 4 rings (SSSR count). The van der Waals surface area contributed by atoms with Gasteiger partial charge in [-0.15, -0.1) is 0 Å². The van der Waals surface area contributed by atoms with Gasteiger partial charge in [-0.2, -0.15) is 0 Å². The van der Waals surface area contributed by atoms with Crippen molar-refractivity contribution in [1.29, 1.82) is 0 Å². The van der Waals surface area contributed by atoms with Crippen LogP contribution in [0.5, 0.6) is 0 Å². The van der Waals surface area contributed by atoms with Crippen LogP contribution < -0.4 is 0 Å². The molecule has 0 bridgehead atoms. The largest absolute Gasteiger partial charge is 0.389 e. The molecule has 0 aliphatic heterocycles. The molecule has 0 radical (unpaired) electrons. The van der Waals surface area contributed by atoms with Crippen molar-refractivity contribution in [3.05, 3.63) is 0 Å². The molecule has 4 nitrogen and oxygen atoms in total. The van der Waals surface area contributed by atoms with E-state index in [9.17, 15) is 19.5 Å². The maximum Gasteiger partial charge on any atom is 0.161 e. The van der Waals surface area contributed by atoms with Crippen LogP contribution in [0.1, 0.15) is 58.8 Å². The van der Waals surface area contributed by atoms with E-state index in [2.05, 4.69) is 29.8 Å². The van der Waals surface area contributed by atoms with Gasteiger partial charge in [-0.3, -0.25) is 14.4 Å². The Morgan fingerprint density at radius 3 is 2.62 bits per heavy atom. The Morgan fingerprint density at radius 1 is 1.19 bits per heavy atom. The molecule has 144 valence electrons. The SMILES string of the molecule is C[C@]12CC(=O)[C@H]3[C@@H](CC(Br)C4CC(=O)CC[C@@]43C)[C@@H]1CC[C@@H]2C(=O)CO. The first-order chi connectivity index (χ1) is 12.2. The first-order valence-electron chi connectivity index (χ1n) is 10.0. The summed E-state index contributed by atoms with van der Waals surface area (Å²) in [6, 6.07) is 0. The molecular formula is C21H29BrO4. The first-order valence-corrected chi connectivity index (χ1v) is 11.0. The first kappa shape index (κ1) is 18.8. The quantitative estimate of drug-likeness (QED) is 0.689. The number of aliphatic hydroxyl groups is 1. The number of rotatable bonds is 2. The van der Waals surface area contributed by atoms with Crippen LogP contribution in [0, 0.1) is 40.4 Å². The fraction of sp³-hybridized carbons (Fsp3) is 0.857. The summed E-state index contributed by atoms with van der Waals surface area (Å²) in [5, 5.41) is 9.39. The van der Waals surface area contributed by atoms with E-state index in [0.29, 0.717) is 36.7 Å². The fourth-order valence-corrected chi connectivity index (χ4v) is 8.72. The molecule has 8 atom stereocenters. The molecule has 2 unspecified atom stereocenters. The van der Waals surface area contributed by atoms with Crippen molar-refractivity contribution in [3.8, 4) is 0 Å². The fourth-order valence-electron chi connectivity index (χ4n) is 7.50. The zero-order valence-electron chi connectivity index (χ0n) is 15.7. The minimum Gasteiger partial charge on any atom is -0.389 e. The highest BCUT2D eigenvalue weighted by Gasteiger charge is 2.65. The molecule has 26 heavy (non-hydrogen) atoms. The lowest BCUT2D eigenvalue weighted by Crippen LogP contribution is -2.60. The van der Waals surface area contributed by atoms with Crippen LogP contribution in [0.4, 0.5) is 0 Å². The monoisotopic (exact) mass is 424 g/mol. The van der Waals surface area contributed by atoms with E-state index in [4.69, 9.17) is 0 Å². The smallest absolute Gasteiger partial charge is 0.161 e. The van der Waals surface area contributed by atoms with Gasteiger partial charge in [0.25, 0.3) is 0 Å². The number of carbonyl (C=O) groups is 3. The van der Waals surface area contributed by atoms with Crippen molar-refractivity contribution in [2.75, 3.05) is 6.61 Å². The number of Topliss-reactive ketones (excluding diaryl/α,β-unsaturated/α-hetero) is 3. The molecule has 1 N–H and O–H groups in total. The second kappa shape index (κ2) is 6.23. The lowest BCUT2D eigenvalue weighted by molar-refractivity contribution is -0.160. The van der Waals surface area contributed by atoms with Crippen LogP contribution in [0.2, 0.25) is 0 Å². The van der Waals surface area contributed by atoms with E-state index in [1.807, 2.05) is 0 Å². The van der Waals surface area contributed by atoms with E-state index in [1.165, 1.54) is 0 Å². The van der Waals surface area contributed by atoms with Crippen LogP contribution in [-0.2, 0) is 14.4 Å². The molecule has 4 aliphatic rings. The Labute approximate surface area is 163 Å². The molecule has 4 saturated carbocycles. The van der Waals surface area contributed by atoms with Crippen molar-refractivity contribution in [3.63, 3.8) is 0 Å². The molecule has 4 aliphatic carbocycles. The topological polar surface area (TPSA) is 71.4 Å². The summed E-state index contributed by atoms with van der Waals surface area (Å²) < 4.78 is 0. The molecule has 0 spiro atoms. The zero-order valence-corrected chi connectivity index (χ0v) is 17.3. The molecule has 0 saturated heterocycles. The Balaban J connectivity index is 1.71. The third-order valence-corrected chi connectivity index (χ3v) is 9.69. The lowest BCUT2D eigenvalue weighted by atomic mass is 9.44. The molecule has 4 fully saturated rings. The van der Waals surface area contributed by atoms with Crippen LogP contribution in [-0.4, -0.2) is 33.9 Å². The number of carbonyl (C=O) groups excluding carboxylic acids is 3. The van der Waals surface area contributed by atoms with Crippen molar-refractivity contribution in [2.45, 2.75) is 63.6 Å².